The Morgan fingerprint density at radius 2 is 1.92 bits per heavy atom. The lowest BCUT2D eigenvalue weighted by atomic mass is 10.2. The highest BCUT2D eigenvalue weighted by Crippen LogP contribution is 2.17. The maximum Gasteiger partial charge on any atom is 0.270 e. The van der Waals surface area contributed by atoms with Gasteiger partial charge in [-0.1, -0.05) is 18.2 Å². The van der Waals surface area contributed by atoms with Crippen molar-refractivity contribution in [3.8, 4) is 0 Å². The fraction of sp³-hybridized carbons (Fsp3) is 0.389. The first-order valence-corrected chi connectivity index (χ1v) is 8.07. The van der Waals surface area contributed by atoms with Crippen molar-refractivity contribution >= 4 is 17.5 Å². The van der Waals surface area contributed by atoms with Crippen LogP contribution in [0.25, 0.3) is 0 Å². The van der Waals surface area contributed by atoms with E-state index < -0.39 is 0 Å². The first kappa shape index (κ1) is 17.9. The van der Waals surface area contributed by atoms with E-state index in [4.69, 9.17) is 0 Å². The van der Waals surface area contributed by atoms with Gasteiger partial charge < -0.3 is 15.5 Å². The SMILES string of the molecule is Cc1cc(C(=O)NCCCN(C)C)nc(Nc2ccccc2C)n1. The molecular formula is C18H25N5O. The molecule has 0 bridgehead atoms. The lowest BCUT2D eigenvalue weighted by Crippen LogP contribution is -2.28. The molecule has 24 heavy (non-hydrogen) atoms. The van der Waals surface area contributed by atoms with Crippen molar-refractivity contribution in [1.82, 2.24) is 20.2 Å². The molecule has 0 aliphatic carbocycles. The van der Waals surface area contributed by atoms with E-state index in [1.54, 1.807) is 6.07 Å². The summed E-state index contributed by atoms with van der Waals surface area (Å²) >= 11 is 0. The first-order chi connectivity index (χ1) is 11.5. The molecule has 2 N–H and O–H groups in total. The number of benzene rings is 1. The van der Waals surface area contributed by atoms with Crippen LogP contribution in [-0.2, 0) is 0 Å². The molecule has 2 rings (SSSR count). The fourth-order valence-electron chi connectivity index (χ4n) is 2.26. The largest absolute Gasteiger partial charge is 0.351 e. The molecule has 0 aliphatic rings. The van der Waals surface area contributed by atoms with Crippen molar-refractivity contribution in [2.75, 3.05) is 32.5 Å². The molecule has 0 spiro atoms. The number of para-hydroxylation sites is 1. The highest BCUT2D eigenvalue weighted by molar-refractivity contribution is 5.92. The molecule has 6 nitrogen and oxygen atoms in total. The predicted octanol–water partition coefficient (Wildman–Crippen LogP) is 2.52. The van der Waals surface area contributed by atoms with E-state index in [1.165, 1.54) is 0 Å². The second kappa shape index (κ2) is 8.40. The van der Waals surface area contributed by atoms with Gasteiger partial charge in [-0.05, 0) is 58.6 Å². The third kappa shape index (κ3) is 5.31. The second-order valence-electron chi connectivity index (χ2n) is 6.07. The van der Waals surface area contributed by atoms with Crippen LogP contribution in [0.4, 0.5) is 11.6 Å². The number of carbonyl (C=O) groups excluding carboxylic acids is 1. The van der Waals surface area contributed by atoms with Gasteiger partial charge in [0, 0.05) is 17.9 Å². The van der Waals surface area contributed by atoms with Gasteiger partial charge >= 0.3 is 0 Å². The zero-order valence-corrected chi connectivity index (χ0v) is 14.8. The monoisotopic (exact) mass is 327 g/mol. The smallest absolute Gasteiger partial charge is 0.270 e. The van der Waals surface area contributed by atoms with E-state index in [2.05, 4.69) is 25.5 Å². The van der Waals surface area contributed by atoms with E-state index >= 15 is 0 Å². The number of hydrogen-bond donors (Lipinski definition) is 2. The Hall–Kier alpha value is -2.47. The number of anilines is 2. The maximum atomic E-state index is 12.3. The van der Waals surface area contributed by atoms with Crippen LogP contribution < -0.4 is 10.6 Å². The topological polar surface area (TPSA) is 70.2 Å². The summed E-state index contributed by atoms with van der Waals surface area (Å²) in [5.41, 5.74) is 3.15. The van der Waals surface area contributed by atoms with E-state index in [9.17, 15) is 4.79 Å². The molecule has 1 aromatic heterocycles. The van der Waals surface area contributed by atoms with Crippen molar-refractivity contribution in [3.63, 3.8) is 0 Å². The minimum Gasteiger partial charge on any atom is -0.351 e. The minimum atomic E-state index is -0.174. The Bertz CT molecular complexity index is 700. The zero-order chi connectivity index (χ0) is 17.5. The molecule has 1 amide bonds. The lowest BCUT2D eigenvalue weighted by Gasteiger charge is -2.11. The van der Waals surface area contributed by atoms with E-state index in [0.717, 1.165) is 29.9 Å². The number of aromatic nitrogens is 2. The van der Waals surface area contributed by atoms with Crippen molar-refractivity contribution in [2.24, 2.45) is 0 Å². The van der Waals surface area contributed by atoms with Gasteiger partial charge in [0.25, 0.3) is 5.91 Å². The molecule has 128 valence electrons. The van der Waals surface area contributed by atoms with Crippen molar-refractivity contribution in [2.45, 2.75) is 20.3 Å². The van der Waals surface area contributed by atoms with Crippen molar-refractivity contribution < 1.29 is 4.79 Å². The normalized spacial score (nSPS) is 10.7. The number of aryl methyl sites for hydroxylation is 2. The lowest BCUT2D eigenvalue weighted by molar-refractivity contribution is 0.0947. The molecule has 0 fully saturated rings. The second-order valence-corrected chi connectivity index (χ2v) is 6.07. The average Bonchev–Trinajstić information content (AvgIpc) is 2.53. The first-order valence-electron chi connectivity index (χ1n) is 8.07. The van der Waals surface area contributed by atoms with Crippen LogP contribution in [0.5, 0.6) is 0 Å². The van der Waals surface area contributed by atoms with Crippen LogP contribution in [0.2, 0.25) is 0 Å². The van der Waals surface area contributed by atoms with E-state index in [0.29, 0.717) is 18.2 Å². The molecule has 1 heterocycles. The third-order valence-electron chi connectivity index (χ3n) is 3.55. The van der Waals surface area contributed by atoms with Gasteiger partial charge in [-0.2, -0.15) is 0 Å². The molecule has 0 saturated carbocycles. The van der Waals surface area contributed by atoms with Gasteiger partial charge in [-0.15, -0.1) is 0 Å². The Morgan fingerprint density at radius 1 is 1.17 bits per heavy atom. The van der Waals surface area contributed by atoms with Crippen LogP contribution in [0, 0.1) is 13.8 Å². The van der Waals surface area contributed by atoms with Gasteiger partial charge in [-0.3, -0.25) is 4.79 Å². The van der Waals surface area contributed by atoms with Crippen LogP contribution in [0.3, 0.4) is 0 Å². The van der Waals surface area contributed by atoms with Crippen molar-refractivity contribution in [1.29, 1.82) is 0 Å². The predicted molar refractivity (Wildman–Crippen MR) is 96.7 cm³/mol. The van der Waals surface area contributed by atoms with Crippen LogP contribution >= 0.6 is 0 Å². The molecule has 6 heteroatoms. The van der Waals surface area contributed by atoms with Gasteiger partial charge in [0.2, 0.25) is 5.95 Å². The number of carbonyl (C=O) groups is 1. The molecule has 0 saturated heterocycles. The summed E-state index contributed by atoms with van der Waals surface area (Å²) in [6.45, 7) is 5.42. The number of amides is 1. The third-order valence-corrected chi connectivity index (χ3v) is 3.55. The molecule has 0 radical (unpaired) electrons. The highest BCUT2D eigenvalue weighted by atomic mass is 16.1. The Labute approximate surface area is 143 Å². The number of nitrogens with zero attached hydrogens (tertiary/aromatic N) is 3. The number of rotatable bonds is 7. The maximum absolute atomic E-state index is 12.3. The van der Waals surface area contributed by atoms with Gasteiger partial charge in [0.1, 0.15) is 5.69 Å². The van der Waals surface area contributed by atoms with Gasteiger partial charge in [0.05, 0.1) is 0 Å². The summed E-state index contributed by atoms with van der Waals surface area (Å²) in [6, 6.07) is 9.59. The van der Waals surface area contributed by atoms with E-state index in [-0.39, 0.29) is 5.91 Å². The summed E-state index contributed by atoms with van der Waals surface area (Å²) in [5.74, 6) is 0.259. The molecular weight excluding hydrogens is 302 g/mol. The minimum absolute atomic E-state index is 0.174. The van der Waals surface area contributed by atoms with Crippen LogP contribution in [-0.4, -0.2) is 48.0 Å². The average molecular weight is 327 g/mol. The van der Waals surface area contributed by atoms with Gasteiger partial charge in [-0.25, -0.2) is 9.97 Å². The van der Waals surface area contributed by atoms with Crippen LogP contribution in [0.1, 0.15) is 28.2 Å². The summed E-state index contributed by atoms with van der Waals surface area (Å²) in [6.07, 6.45) is 0.900. The van der Waals surface area contributed by atoms with Gasteiger partial charge in [0.15, 0.2) is 0 Å². The standard InChI is InChI=1S/C18H25N5O/c1-13-8-5-6-9-15(13)21-18-20-14(2)12-16(22-18)17(24)19-10-7-11-23(3)4/h5-6,8-9,12H,7,10-11H2,1-4H3,(H,19,24)(H,20,21,22). The quantitative estimate of drug-likeness (QED) is 0.765. The number of nitrogens with one attached hydrogen (secondary N) is 2. The van der Waals surface area contributed by atoms with Crippen LogP contribution in [0.15, 0.2) is 30.3 Å². The van der Waals surface area contributed by atoms with Crippen molar-refractivity contribution in [3.05, 3.63) is 47.3 Å². The summed E-state index contributed by atoms with van der Waals surface area (Å²) < 4.78 is 0. The molecule has 1 aromatic carbocycles. The summed E-state index contributed by atoms with van der Waals surface area (Å²) in [7, 11) is 4.03. The summed E-state index contributed by atoms with van der Waals surface area (Å²) in [5, 5.41) is 6.08. The Balaban J connectivity index is 2.05. The number of hydrogen-bond acceptors (Lipinski definition) is 5. The molecule has 0 unspecified atom stereocenters. The Kier molecular flexibility index (Phi) is 6.26. The zero-order valence-electron chi connectivity index (χ0n) is 14.8. The van der Waals surface area contributed by atoms with E-state index in [1.807, 2.05) is 52.2 Å². The molecule has 2 aromatic rings. The fourth-order valence-corrected chi connectivity index (χ4v) is 2.26. The Morgan fingerprint density at radius 3 is 2.62 bits per heavy atom. The molecule has 0 aliphatic heterocycles. The highest BCUT2D eigenvalue weighted by Gasteiger charge is 2.11. The molecule has 0 atom stereocenters. The summed E-state index contributed by atoms with van der Waals surface area (Å²) in [4.78, 5) is 23.1.